The van der Waals surface area contributed by atoms with E-state index in [4.69, 9.17) is 5.11 Å². The van der Waals surface area contributed by atoms with Crippen LogP contribution in [0.2, 0.25) is 0 Å². The largest absolute Gasteiger partial charge is 0.477 e. The van der Waals surface area contributed by atoms with Gasteiger partial charge in [-0.2, -0.15) is 4.39 Å². The Morgan fingerprint density at radius 3 is 2.56 bits per heavy atom. The first-order valence-electron chi connectivity index (χ1n) is 2.28. The van der Waals surface area contributed by atoms with Crippen molar-refractivity contribution in [2.24, 2.45) is 0 Å². The summed E-state index contributed by atoms with van der Waals surface area (Å²) in [6, 6.07) is 2.22. The number of aromatic amines is 1. The van der Waals surface area contributed by atoms with Crippen molar-refractivity contribution in [3.8, 4) is 0 Å². The average Bonchev–Trinajstić information content (AvgIpc) is 2.14. The summed E-state index contributed by atoms with van der Waals surface area (Å²) in [4.78, 5) is 12.0. The molecule has 1 aromatic heterocycles. The molecule has 0 aliphatic carbocycles. The van der Waals surface area contributed by atoms with E-state index in [2.05, 4.69) is 0 Å². The van der Waals surface area contributed by atoms with Crippen molar-refractivity contribution in [2.75, 3.05) is 0 Å². The summed E-state index contributed by atoms with van der Waals surface area (Å²) in [5.41, 5.74) is -0.132. The maximum atomic E-state index is 12.0. The molecule has 0 saturated carbocycles. The fourth-order valence-corrected chi connectivity index (χ4v) is 0.493. The molecule has 0 fully saturated rings. The Kier molecular flexibility index (Phi) is 1.22. The van der Waals surface area contributed by atoms with Crippen LogP contribution in [0.5, 0.6) is 0 Å². The van der Waals surface area contributed by atoms with E-state index in [1.807, 2.05) is 4.98 Å². The van der Waals surface area contributed by atoms with Crippen LogP contribution in [0, 0.1) is 5.95 Å². The molecular formula is C5H4FNO2. The highest BCUT2D eigenvalue weighted by molar-refractivity contribution is 5.85. The SMILES string of the molecule is O=C(O)c1ccc(F)[nH]1. The normalized spacial score (nSPS) is 9.44. The van der Waals surface area contributed by atoms with Crippen LogP contribution in [0.25, 0.3) is 0 Å². The lowest BCUT2D eigenvalue weighted by Gasteiger charge is -1.81. The second-order valence-corrected chi connectivity index (χ2v) is 1.53. The van der Waals surface area contributed by atoms with E-state index >= 15 is 0 Å². The van der Waals surface area contributed by atoms with E-state index in [0.29, 0.717) is 0 Å². The summed E-state index contributed by atoms with van der Waals surface area (Å²) in [5, 5.41) is 8.20. The summed E-state index contributed by atoms with van der Waals surface area (Å²) in [7, 11) is 0. The van der Waals surface area contributed by atoms with Crippen molar-refractivity contribution >= 4 is 5.97 Å². The standard InChI is InChI=1S/C5H4FNO2/c6-4-2-1-3(7-4)5(8)9/h1-2,7H,(H,8,9). The van der Waals surface area contributed by atoms with Crippen molar-refractivity contribution in [3.63, 3.8) is 0 Å². The fourth-order valence-electron chi connectivity index (χ4n) is 0.493. The first-order valence-corrected chi connectivity index (χ1v) is 2.28. The van der Waals surface area contributed by atoms with E-state index in [1.54, 1.807) is 0 Å². The zero-order valence-corrected chi connectivity index (χ0v) is 4.39. The highest BCUT2D eigenvalue weighted by Gasteiger charge is 2.03. The first-order chi connectivity index (χ1) is 4.20. The van der Waals surface area contributed by atoms with E-state index in [1.165, 1.54) is 0 Å². The zero-order valence-electron chi connectivity index (χ0n) is 4.39. The molecule has 0 aliphatic heterocycles. The predicted molar refractivity (Wildman–Crippen MR) is 27.7 cm³/mol. The van der Waals surface area contributed by atoms with Gasteiger partial charge in [0.25, 0.3) is 0 Å². The number of hydrogen-bond acceptors (Lipinski definition) is 1. The van der Waals surface area contributed by atoms with Crippen molar-refractivity contribution in [1.82, 2.24) is 4.98 Å². The second kappa shape index (κ2) is 1.89. The molecule has 0 atom stereocenters. The summed E-state index contributed by atoms with van der Waals surface area (Å²) in [5.74, 6) is -1.79. The molecule has 1 rings (SSSR count). The van der Waals surface area contributed by atoms with E-state index in [9.17, 15) is 9.18 Å². The van der Waals surface area contributed by atoms with Crippen LogP contribution in [0.15, 0.2) is 12.1 Å². The minimum atomic E-state index is -1.15. The molecule has 0 radical (unpaired) electrons. The van der Waals surface area contributed by atoms with Crippen LogP contribution in [-0.2, 0) is 0 Å². The third-order valence-corrected chi connectivity index (χ3v) is 0.881. The van der Waals surface area contributed by atoms with Gasteiger partial charge in [-0.25, -0.2) is 4.79 Å². The number of H-pyrrole nitrogens is 1. The lowest BCUT2D eigenvalue weighted by molar-refractivity contribution is 0.0690. The molecule has 2 N–H and O–H groups in total. The third kappa shape index (κ3) is 1.07. The van der Waals surface area contributed by atoms with Crippen LogP contribution in [0.3, 0.4) is 0 Å². The molecule has 1 heterocycles. The molecular weight excluding hydrogens is 125 g/mol. The Hall–Kier alpha value is -1.32. The fraction of sp³-hybridized carbons (Fsp3) is 0. The quantitative estimate of drug-likeness (QED) is 0.590. The van der Waals surface area contributed by atoms with Crippen LogP contribution in [0.1, 0.15) is 10.5 Å². The lowest BCUT2D eigenvalue weighted by atomic mass is 10.4. The Morgan fingerprint density at radius 2 is 2.33 bits per heavy atom. The average molecular weight is 129 g/mol. The maximum absolute atomic E-state index is 12.0. The minimum absolute atomic E-state index is 0.132. The number of halogens is 1. The van der Waals surface area contributed by atoms with E-state index < -0.39 is 11.9 Å². The molecule has 0 amide bonds. The topological polar surface area (TPSA) is 53.1 Å². The molecule has 0 unspecified atom stereocenters. The molecule has 0 saturated heterocycles. The summed E-state index contributed by atoms with van der Waals surface area (Å²) in [6.45, 7) is 0. The van der Waals surface area contributed by atoms with Gasteiger partial charge in [-0.15, -0.1) is 0 Å². The number of carboxylic acids is 1. The van der Waals surface area contributed by atoms with Crippen LogP contribution >= 0.6 is 0 Å². The molecule has 9 heavy (non-hydrogen) atoms. The van der Waals surface area contributed by atoms with Crippen LogP contribution in [0.4, 0.5) is 4.39 Å². The number of nitrogens with one attached hydrogen (secondary N) is 1. The van der Waals surface area contributed by atoms with Gasteiger partial charge < -0.3 is 10.1 Å². The predicted octanol–water partition coefficient (Wildman–Crippen LogP) is 0.852. The Morgan fingerprint density at radius 1 is 1.67 bits per heavy atom. The van der Waals surface area contributed by atoms with Gasteiger partial charge in [0.15, 0.2) is 5.95 Å². The number of carboxylic acid groups (broad SMARTS) is 1. The van der Waals surface area contributed by atoms with Crippen molar-refractivity contribution in [1.29, 1.82) is 0 Å². The van der Waals surface area contributed by atoms with Crippen LogP contribution in [-0.4, -0.2) is 16.1 Å². The van der Waals surface area contributed by atoms with Gasteiger partial charge in [0.2, 0.25) is 0 Å². The van der Waals surface area contributed by atoms with Gasteiger partial charge in [-0.05, 0) is 12.1 Å². The molecule has 1 aromatic rings. The van der Waals surface area contributed by atoms with Crippen molar-refractivity contribution in [2.45, 2.75) is 0 Å². The minimum Gasteiger partial charge on any atom is -0.477 e. The van der Waals surface area contributed by atoms with Crippen LogP contribution < -0.4 is 0 Å². The summed E-state index contributed by atoms with van der Waals surface area (Å²) >= 11 is 0. The van der Waals surface area contributed by atoms with E-state index in [0.717, 1.165) is 12.1 Å². The van der Waals surface area contributed by atoms with Crippen molar-refractivity contribution in [3.05, 3.63) is 23.8 Å². The number of carbonyl (C=O) groups is 1. The smallest absolute Gasteiger partial charge is 0.352 e. The molecule has 0 aliphatic rings. The van der Waals surface area contributed by atoms with Gasteiger partial charge in [0.1, 0.15) is 5.69 Å². The number of hydrogen-bond donors (Lipinski definition) is 2. The first kappa shape index (κ1) is 5.81. The summed E-state index contributed by atoms with van der Waals surface area (Å²) < 4.78 is 12.0. The number of aromatic nitrogens is 1. The van der Waals surface area contributed by atoms with Gasteiger partial charge in [0.05, 0.1) is 0 Å². The summed E-state index contributed by atoms with van der Waals surface area (Å²) in [6.07, 6.45) is 0. The van der Waals surface area contributed by atoms with E-state index in [-0.39, 0.29) is 5.69 Å². The molecule has 0 aromatic carbocycles. The lowest BCUT2D eigenvalue weighted by Crippen LogP contribution is -1.95. The zero-order chi connectivity index (χ0) is 6.85. The molecule has 0 spiro atoms. The van der Waals surface area contributed by atoms with Gasteiger partial charge >= 0.3 is 5.97 Å². The molecule has 48 valence electrons. The highest BCUT2D eigenvalue weighted by Crippen LogP contribution is 1.98. The van der Waals surface area contributed by atoms with Gasteiger partial charge in [-0.3, -0.25) is 0 Å². The highest BCUT2D eigenvalue weighted by atomic mass is 19.1. The van der Waals surface area contributed by atoms with Gasteiger partial charge in [0, 0.05) is 0 Å². The molecule has 4 heteroatoms. The Labute approximate surface area is 50.1 Å². The molecule has 3 nitrogen and oxygen atoms in total. The number of aromatic carboxylic acids is 1. The molecule has 0 bridgehead atoms. The third-order valence-electron chi connectivity index (χ3n) is 0.881. The van der Waals surface area contributed by atoms with Gasteiger partial charge in [-0.1, -0.05) is 0 Å². The monoisotopic (exact) mass is 129 g/mol. The number of rotatable bonds is 1. The maximum Gasteiger partial charge on any atom is 0.352 e. The Balaban J connectivity index is 2.98. The second-order valence-electron chi connectivity index (χ2n) is 1.53. The van der Waals surface area contributed by atoms with Crippen molar-refractivity contribution < 1.29 is 14.3 Å². The Bertz CT molecular complexity index is 231.